The summed E-state index contributed by atoms with van der Waals surface area (Å²) in [6.45, 7) is 7.27. The molecule has 31 heavy (non-hydrogen) atoms. The van der Waals surface area contributed by atoms with E-state index in [9.17, 15) is 13.2 Å². The number of rotatable bonds is 11. The maximum absolute atomic E-state index is 13.1. The van der Waals surface area contributed by atoms with Gasteiger partial charge in [0.05, 0.1) is 11.2 Å². The van der Waals surface area contributed by atoms with Crippen molar-refractivity contribution in [3.63, 3.8) is 0 Å². The predicted molar refractivity (Wildman–Crippen MR) is 122 cm³/mol. The van der Waals surface area contributed by atoms with Crippen molar-refractivity contribution in [3.05, 3.63) is 42.5 Å². The zero-order valence-electron chi connectivity index (χ0n) is 18.4. The van der Waals surface area contributed by atoms with Gasteiger partial charge in [-0.2, -0.15) is 4.31 Å². The van der Waals surface area contributed by atoms with Gasteiger partial charge in [-0.15, -0.1) is 0 Å². The lowest BCUT2D eigenvalue weighted by Gasteiger charge is -2.18. The molecule has 170 valence electrons. The summed E-state index contributed by atoms with van der Waals surface area (Å²) < 4.78 is 29.7. The molecule has 1 aliphatic heterocycles. The molecule has 0 unspecified atom stereocenters. The number of hydrogen-bond donors (Lipinski definition) is 2. The fourth-order valence-corrected chi connectivity index (χ4v) is 5.07. The molecular weight excluding hydrogens is 414 g/mol. The topological polar surface area (TPSA) is 96.3 Å². The normalized spacial score (nSPS) is 15.7. The van der Waals surface area contributed by atoms with E-state index in [0.717, 1.165) is 38.8 Å². The second kappa shape index (κ2) is 10.8. The number of aryl methyl sites for hydroxylation is 1. The molecule has 1 aliphatic rings. The maximum atomic E-state index is 13.1. The molecule has 1 aromatic heterocycles. The van der Waals surface area contributed by atoms with Crippen molar-refractivity contribution >= 4 is 21.6 Å². The van der Waals surface area contributed by atoms with Crippen LogP contribution >= 0.6 is 0 Å². The van der Waals surface area contributed by atoms with E-state index in [1.807, 2.05) is 10.8 Å². The third-order valence-electron chi connectivity index (χ3n) is 5.66. The smallest absolute Gasteiger partial charge is 0.251 e. The summed E-state index contributed by atoms with van der Waals surface area (Å²) in [5.41, 5.74) is 1.01. The highest BCUT2D eigenvalue weighted by molar-refractivity contribution is 7.89. The summed E-state index contributed by atoms with van der Waals surface area (Å²) in [6, 6.07) is 4.87. The van der Waals surface area contributed by atoms with E-state index in [-0.39, 0.29) is 10.8 Å². The highest BCUT2D eigenvalue weighted by Crippen LogP contribution is 2.25. The van der Waals surface area contributed by atoms with Gasteiger partial charge in [0.15, 0.2) is 0 Å². The first kappa shape index (κ1) is 23.3. The quantitative estimate of drug-likeness (QED) is 0.516. The summed E-state index contributed by atoms with van der Waals surface area (Å²) in [4.78, 5) is 17.0. The SMILES string of the molecule is CC[C@H](C)CNc1cc(C(=O)NCCCn2ccnc2)cc(S(=O)(=O)N2CCCC2)c1. The van der Waals surface area contributed by atoms with E-state index >= 15 is 0 Å². The first-order valence-electron chi connectivity index (χ1n) is 11.0. The first-order valence-corrected chi connectivity index (χ1v) is 12.5. The highest BCUT2D eigenvalue weighted by Gasteiger charge is 2.28. The molecule has 0 saturated carbocycles. The molecule has 3 rings (SSSR count). The Hall–Kier alpha value is -2.39. The van der Waals surface area contributed by atoms with E-state index in [0.29, 0.717) is 36.8 Å². The van der Waals surface area contributed by atoms with Gasteiger partial charge in [-0.05, 0) is 43.4 Å². The molecule has 0 radical (unpaired) electrons. The minimum absolute atomic E-state index is 0.173. The van der Waals surface area contributed by atoms with Crippen LogP contribution in [0, 0.1) is 5.92 Å². The number of aromatic nitrogens is 2. The Kier molecular flexibility index (Phi) is 8.09. The summed E-state index contributed by atoms with van der Waals surface area (Å²) in [5.74, 6) is 0.176. The van der Waals surface area contributed by atoms with Crippen LogP contribution in [0.25, 0.3) is 0 Å². The zero-order chi connectivity index (χ0) is 22.3. The van der Waals surface area contributed by atoms with Crippen LogP contribution in [-0.2, 0) is 16.6 Å². The number of carbonyl (C=O) groups excluding carboxylic acids is 1. The van der Waals surface area contributed by atoms with Crippen LogP contribution in [0.1, 0.15) is 49.9 Å². The highest BCUT2D eigenvalue weighted by atomic mass is 32.2. The molecule has 1 aromatic carbocycles. The second-order valence-corrected chi connectivity index (χ2v) is 10.1. The number of imidazole rings is 1. The molecule has 0 aliphatic carbocycles. The van der Waals surface area contributed by atoms with Gasteiger partial charge >= 0.3 is 0 Å². The first-order chi connectivity index (χ1) is 14.9. The number of hydrogen-bond acceptors (Lipinski definition) is 5. The van der Waals surface area contributed by atoms with Crippen molar-refractivity contribution < 1.29 is 13.2 Å². The minimum Gasteiger partial charge on any atom is -0.385 e. The third-order valence-corrected chi connectivity index (χ3v) is 7.54. The Labute approximate surface area is 185 Å². The van der Waals surface area contributed by atoms with Crippen LogP contribution in [0.5, 0.6) is 0 Å². The Morgan fingerprint density at radius 3 is 2.68 bits per heavy atom. The van der Waals surface area contributed by atoms with Gasteiger partial charge in [0, 0.05) is 56.4 Å². The number of benzene rings is 1. The monoisotopic (exact) mass is 447 g/mol. The lowest BCUT2D eigenvalue weighted by molar-refractivity contribution is 0.0952. The molecule has 0 spiro atoms. The molecule has 8 nitrogen and oxygen atoms in total. The van der Waals surface area contributed by atoms with E-state index in [2.05, 4.69) is 29.5 Å². The van der Waals surface area contributed by atoms with E-state index in [4.69, 9.17) is 0 Å². The predicted octanol–water partition coefficient (Wildman–Crippen LogP) is 2.95. The molecule has 2 heterocycles. The summed E-state index contributed by atoms with van der Waals surface area (Å²) in [5, 5.41) is 6.21. The van der Waals surface area contributed by atoms with Crippen LogP contribution in [0.4, 0.5) is 5.69 Å². The molecule has 2 N–H and O–H groups in total. The van der Waals surface area contributed by atoms with Gasteiger partial charge in [0.2, 0.25) is 10.0 Å². The number of nitrogens with zero attached hydrogens (tertiary/aromatic N) is 3. The van der Waals surface area contributed by atoms with Gasteiger partial charge in [-0.25, -0.2) is 13.4 Å². The van der Waals surface area contributed by atoms with Crippen LogP contribution in [0.15, 0.2) is 41.8 Å². The third kappa shape index (κ3) is 6.30. The van der Waals surface area contributed by atoms with Crippen molar-refractivity contribution in [2.75, 3.05) is 31.5 Å². The van der Waals surface area contributed by atoms with Crippen LogP contribution in [-0.4, -0.2) is 54.4 Å². The van der Waals surface area contributed by atoms with Gasteiger partial charge in [0.25, 0.3) is 5.91 Å². The number of amides is 1. The van der Waals surface area contributed by atoms with Crippen LogP contribution < -0.4 is 10.6 Å². The van der Waals surface area contributed by atoms with Gasteiger partial charge < -0.3 is 15.2 Å². The number of sulfonamides is 1. The molecule has 1 saturated heterocycles. The number of anilines is 1. The van der Waals surface area contributed by atoms with E-state index in [1.165, 1.54) is 10.4 Å². The van der Waals surface area contributed by atoms with Crippen molar-refractivity contribution in [1.82, 2.24) is 19.2 Å². The fraction of sp³-hybridized carbons (Fsp3) is 0.545. The van der Waals surface area contributed by atoms with Crippen LogP contribution in [0.2, 0.25) is 0 Å². The van der Waals surface area contributed by atoms with Crippen molar-refractivity contribution in [2.45, 2.75) is 51.0 Å². The van der Waals surface area contributed by atoms with Crippen molar-refractivity contribution in [3.8, 4) is 0 Å². The largest absolute Gasteiger partial charge is 0.385 e. The Bertz CT molecular complexity index is 954. The summed E-state index contributed by atoms with van der Waals surface area (Å²) in [6.07, 6.45) is 8.85. The van der Waals surface area contributed by atoms with Gasteiger partial charge in [0.1, 0.15) is 0 Å². The lowest BCUT2D eigenvalue weighted by atomic mass is 10.1. The Morgan fingerprint density at radius 1 is 1.23 bits per heavy atom. The standard InChI is InChI=1S/C22H33N5O3S/c1-3-18(2)16-25-20-13-19(22(28)24-7-6-9-26-12-8-23-17-26)14-21(15-20)31(29,30)27-10-4-5-11-27/h8,12-15,17-18,25H,3-7,9-11,16H2,1-2H3,(H,24,28)/t18-/m0/s1. The molecule has 1 fully saturated rings. The van der Waals surface area contributed by atoms with Crippen molar-refractivity contribution in [2.24, 2.45) is 5.92 Å². The molecule has 0 bridgehead atoms. The Morgan fingerprint density at radius 2 is 2.00 bits per heavy atom. The average Bonchev–Trinajstić information content (AvgIpc) is 3.49. The molecular formula is C22H33N5O3S. The molecule has 1 atom stereocenters. The minimum atomic E-state index is -3.61. The van der Waals surface area contributed by atoms with Gasteiger partial charge in [-0.1, -0.05) is 20.3 Å². The number of nitrogens with one attached hydrogen (secondary N) is 2. The second-order valence-electron chi connectivity index (χ2n) is 8.16. The summed E-state index contributed by atoms with van der Waals surface area (Å²) in [7, 11) is -3.61. The number of carbonyl (C=O) groups is 1. The van der Waals surface area contributed by atoms with Crippen LogP contribution in [0.3, 0.4) is 0 Å². The average molecular weight is 448 g/mol. The van der Waals surface area contributed by atoms with Crippen molar-refractivity contribution in [1.29, 1.82) is 0 Å². The molecule has 1 amide bonds. The fourth-order valence-electron chi connectivity index (χ4n) is 3.48. The zero-order valence-corrected chi connectivity index (χ0v) is 19.2. The maximum Gasteiger partial charge on any atom is 0.251 e. The summed E-state index contributed by atoms with van der Waals surface area (Å²) >= 11 is 0. The van der Waals surface area contributed by atoms with Gasteiger partial charge in [-0.3, -0.25) is 4.79 Å². The lowest BCUT2D eigenvalue weighted by Crippen LogP contribution is -2.29. The van der Waals surface area contributed by atoms with E-state index < -0.39 is 10.0 Å². The molecule has 2 aromatic rings. The Balaban J connectivity index is 1.74. The molecule has 9 heteroatoms. The van der Waals surface area contributed by atoms with E-state index in [1.54, 1.807) is 24.7 Å².